The van der Waals surface area contributed by atoms with Crippen LogP contribution in [0.2, 0.25) is 0 Å². The van der Waals surface area contributed by atoms with Crippen LogP contribution in [0.1, 0.15) is 40.5 Å². The maximum atomic E-state index is 10.9. The van der Waals surface area contributed by atoms with E-state index < -0.39 is 0 Å². The first-order valence-corrected chi connectivity index (χ1v) is 6.08. The highest BCUT2D eigenvalue weighted by Gasteiger charge is 2.37. The van der Waals surface area contributed by atoms with Crippen molar-refractivity contribution in [2.45, 2.75) is 46.2 Å². The molecule has 0 aromatic heterocycles. The SMILES string of the molecule is CC.CC.O=C1CNC2(CCNCC2)N1. The minimum atomic E-state index is -0.0671. The summed E-state index contributed by atoms with van der Waals surface area (Å²) >= 11 is 0. The first kappa shape index (κ1) is 14.4. The second-order valence-corrected chi connectivity index (χ2v) is 3.23. The maximum absolute atomic E-state index is 10.9. The summed E-state index contributed by atoms with van der Waals surface area (Å²) in [5.41, 5.74) is -0.0671. The molecule has 1 amide bonds. The number of rotatable bonds is 0. The standard InChI is InChI=1S/C7H13N3O.2C2H6/c11-6-5-9-7(10-6)1-3-8-4-2-7;2*1-2/h8-9H,1-5H2,(H,10,11);2*1-2H3. The molecule has 0 aromatic carbocycles. The quantitative estimate of drug-likeness (QED) is 0.561. The van der Waals surface area contributed by atoms with Crippen LogP contribution in [0, 0.1) is 0 Å². The molecule has 0 aliphatic carbocycles. The van der Waals surface area contributed by atoms with Gasteiger partial charge in [-0.3, -0.25) is 10.1 Å². The first-order chi connectivity index (χ1) is 7.31. The summed E-state index contributed by atoms with van der Waals surface area (Å²) in [6.07, 6.45) is 2.00. The second kappa shape index (κ2) is 7.65. The molecule has 0 bridgehead atoms. The summed E-state index contributed by atoms with van der Waals surface area (Å²) in [6, 6.07) is 0. The largest absolute Gasteiger partial charge is 0.337 e. The van der Waals surface area contributed by atoms with Gasteiger partial charge in [0.25, 0.3) is 0 Å². The smallest absolute Gasteiger partial charge is 0.235 e. The number of piperidine rings is 1. The summed E-state index contributed by atoms with van der Waals surface area (Å²) in [5, 5.41) is 9.46. The Morgan fingerprint density at radius 3 is 2.00 bits per heavy atom. The molecule has 2 saturated heterocycles. The monoisotopic (exact) mass is 215 g/mol. The predicted molar refractivity (Wildman–Crippen MR) is 63.7 cm³/mol. The molecule has 3 N–H and O–H groups in total. The third-order valence-electron chi connectivity index (χ3n) is 2.42. The van der Waals surface area contributed by atoms with Crippen LogP contribution < -0.4 is 16.0 Å². The molecular formula is C11H25N3O. The summed E-state index contributed by atoms with van der Waals surface area (Å²) in [6.45, 7) is 10.5. The Labute approximate surface area is 93.2 Å². The Kier molecular flexibility index (Phi) is 7.34. The maximum Gasteiger partial charge on any atom is 0.235 e. The van der Waals surface area contributed by atoms with Gasteiger partial charge in [0.1, 0.15) is 0 Å². The van der Waals surface area contributed by atoms with Crippen LogP contribution in [0.4, 0.5) is 0 Å². The Hall–Kier alpha value is -0.610. The van der Waals surface area contributed by atoms with Crippen molar-refractivity contribution < 1.29 is 4.79 Å². The molecule has 15 heavy (non-hydrogen) atoms. The third-order valence-corrected chi connectivity index (χ3v) is 2.42. The van der Waals surface area contributed by atoms with Gasteiger partial charge >= 0.3 is 0 Å². The van der Waals surface area contributed by atoms with E-state index in [4.69, 9.17) is 0 Å². The molecule has 2 fully saturated rings. The Bertz CT molecular complexity index is 177. The minimum absolute atomic E-state index is 0.0671. The van der Waals surface area contributed by atoms with Gasteiger partial charge in [0, 0.05) is 0 Å². The molecule has 0 saturated carbocycles. The highest BCUT2D eigenvalue weighted by atomic mass is 16.2. The van der Waals surface area contributed by atoms with Crippen molar-refractivity contribution in [1.29, 1.82) is 0 Å². The average molecular weight is 215 g/mol. The molecule has 1 spiro atoms. The van der Waals surface area contributed by atoms with Gasteiger partial charge in [-0.25, -0.2) is 0 Å². The predicted octanol–water partition coefficient (Wildman–Crippen LogP) is 0.838. The molecule has 4 nitrogen and oxygen atoms in total. The molecule has 0 atom stereocenters. The molecule has 0 aromatic rings. The highest BCUT2D eigenvalue weighted by Crippen LogP contribution is 2.17. The first-order valence-electron chi connectivity index (χ1n) is 6.08. The van der Waals surface area contributed by atoms with Gasteiger partial charge in [0.15, 0.2) is 0 Å². The van der Waals surface area contributed by atoms with Gasteiger partial charge in [-0.1, -0.05) is 27.7 Å². The topological polar surface area (TPSA) is 53.2 Å². The van der Waals surface area contributed by atoms with E-state index in [0.717, 1.165) is 25.9 Å². The molecule has 0 unspecified atom stereocenters. The average Bonchev–Trinajstić information content (AvgIpc) is 2.66. The third kappa shape index (κ3) is 4.18. The zero-order chi connectivity index (χ0) is 11.7. The summed E-state index contributed by atoms with van der Waals surface area (Å²) in [4.78, 5) is 10.9. The lowest BCUT2D eigenvalue weighted by Gasteiger charge is -2.33. The molecular weight excluding hydrogens is 190 g/mol. The van der Waals surface area contributed by atoms with E-state index in [2.05, 4.69) is 16.0 Å². The normalized spacial score (nSPS) is 22.0. The van der Waals surface area contributed by atoms with Crippen LogP contribution in [0.15, 0.2) is 0 Å². The van der Waals surface area contributed by atoms with Gasteiger partial charge in [0.2, 0.25) is 5.91 Å². The lowest BCUT2D eigenvalue weighted by atomic mass is 10.00. The van der Waals surface area contributed by atoms with Crippen LogP contribution >= 0.6 is 0 Å². The van der Waals surface area contributed by atoms with Gasteiger partial charge < -0.3 is 10.6 Å². The van der Waals surface area contributed by atoms with Gasteiger partial charge in [-0.2, -0.15) is 0 Å². The fraction of sp³-hybridized carbons (Fsp3) is 0.909. The minimum Gasteiger partial charge on any atom is -0.337 e. The van der Waals surface area contributed by atoms with E-state index >= 15 is 0 Å². The molecule has 4 heteroatoms. The number of nitrogens with one attached hydrogen (secondary N) is 3. The number of carbonyl (C=O) groups excluding carboxylic acids is 1. The van der Waals surface area contributed by atoms with Crippen molar-refractivity contribution in [3.8, 4) is 0 Å². The second-order valence-electron chi connectivity index (χ2n) is 3.23. The zero-order valence-corrected chi connectivity index (χ0v) is 10.4. The Morgan fingerprint density at radius 1 is 1.07 bits per heavy atom. The van der Waals surface area contributed by atoms with E-state index in [1.807, 2.05) is 27.7 Å². The van der Waals surface area contributed by atoms with E-state index in [9.17, 15) is 4.79 Å². The molecule has 2 heterocycles. The van der Waals surface area contributed by atoms with Crippen molar-refractivity contribution in [3.05, 3.63) is 0 Å². The molecule has 2 aliphatic rings. The van der Waals surface area contributed by atoms with E-state index in [0.29, 0.717) is 6.54 Å². The zero-order valence-electron chi connectivity index (χ0n) is 10.4. The van der Waals surface area contributed by atoms with Crippen molar-refractivity contribution in [2.75, 3.05) is 19.6 Å². The van der Waals surface area contributed by atoms with Crippen LogP contribution in [-0.4, -0.2) is 31.2 Å². The van der Waals surface area contributed by atoms with Gasteiger partial charge in [-0.05, 0) is 25.9 Å². The number of carbonyl (C=O) groups is 1. The Morgan fingerprint density at radius 2 is 1.60 bits per heavy atom. The highest BCUT2D eigenvalue weighted by molar-refractivity contribution is 5.81. The van der Waals surface area contributed by atoms with E-state index in [-0.39, 0.29) is 11.6 Å². The van der Waals surface area contributed by atoms with Gasteiger partial charge in [-0.15, -0.1) is 0 Å². The fourth-order valence-electron chi connectivity index (χ4n) is 1.76. The summed E-state index contributed by atoms with van der Waals surface area (Å²) in [7, 11) is 0. The van der Waals surface area contributed by atoms with Crippen LogP contribution in [0.5, 0.6) is 0 Å². The lowest BCUT2D eigenvalue weighted by Crippen LogP contribution is -2.55. The number of hydrogen-bond acceptors (Lipinski definition) is 3. The number of amides is 1. The molecule has 2 rings (SSSR count). The van der Waals surface area contributed by atoms with E-state index in [1.165, 1.54) is 0 Å². The molecule has 90 valence electrons. The summed E-state index contributed by atoms with van der Waals surface area (Å²) < 4.78 is 0. The Balaban J connectivity index is 0.000000442. The van der Waals surface area contributed by atoms with Gasteiger partial charge in [0.05, 0.1) is 12.2 Å². The fourth-order valence-corrected chi connectivity index (χ4v) is 1.76. The van der Waals surface area contributed by atoms with Crippen molar-refractivity contribution in [1.82, 2.24) is 16.0 Å². The van der Waals surface area contributed by atoms with Crippen LogP contribution in [-0.2, 0) is 4.79 Å². The van der Waals surface area contributed by atoms with Crippen molar-refractivity contribution >= 4 is 5.91 Å². The number of hydrogen-bond donors (Lipinski definition) is 3. The molecule has 2 aliphatic heterocycles. The van der Waals surface area contributed by atoms with Crippen molar-refractivity contribution in [2.24, 2.45) is 0 Å². The van der Waals surface area contributed by atoms with Crippen LogP contribution in [0.25, 0.3) is 0 Å². The van der Waals surface area contributed by atoms with Crippen LogP contribution in [0.3, 0.4) is 0 Å². The van der Waals surface area contributed by atoms with E-state index in [1.54, 1.807) is 0 Å². The molecule has 0 radical (unpaired) electrons. The van der Waals surface area contributed by atoms with Crippen molar-refractivity contribution in [3.63, 3.8) is 0 Å². The summed E-state index contributed by atoms with van der Waals surface area (Å²) in [5.74, 6) is 0.131. The lowest BCUT2D eigenvalue weighted by molar-refractivity contribution is -0.119.